The van der Waals surface area contributed by atoms with Gasteiger partial charge in [0.1, 0.15) is 11.7 Å². The van der Waals surface area contributed by atoms with Gasteiger partial charge in [0.25, 0.3) is 5.91 Å². The zero-order chi connectivity index (χ0) is 13.7. The molecule has 0 radical (unpaired) electrons. The summed E-state index contributed by atoms with van der Waals surface area (Å²) in [5, 5.41) is 11.4. The van der Waals surface area contributed by atoms with Crippen molar-refractivity contribution in [2.75, 3.05) is 7.11 Å². The van der Waals surface area contributed by atoms with Gasteiger partial charge in [0.05, 0.1) is 18.6 Å². The lowest BCUT2D eigenvalue weighted by molar-refractivity contribution is -0.147. The number of methoxy groups -OCH3 is 1. The van der Waals surface area contributed by atoms with Gasteiger partial charge in [0.15, 0.2) is 0 Å². The van der Waals surface area contributed by atoms with E-state index in [0.29, 0.717) is 5.02 Å². The number of ether oxygens (including phenoxy) is 1. The molecule has 1 heterocycles. The van der Waals surface area contributed by atoms with Gasteiger partial charge in [0, 0.05) is 6.20 Å². The minimum absolute atomic E-state index is 0.108. The van der Waals surface area contributed by atoms with Gasteiger partial charge in [-0.1, -0.05) is 11.6 Å². The number of hydrogen-bond acceptors (Lipinski definition) is 4. The number of hydrogen-bond donors (Lipinski definition) is 3. The lowest BCUT2D eigenvalue weighted by Crippen LogP contribution is -2.42. The van der Waals surface area contributed by atoms with Crippen LogP contribution in [-0.4, -0.2) is 41.1 Å². The highest BCUT2D eigenvalue weighted by molar-refractivity contribution is 6.31. The molecule has 0 spiro atoms. The number of carbonyl (C=O) groups excluding carboxylic acids is 2. The van der Waals surface area contributed by atoms with E-state index in [2.05, 4.69) is 15.0 Å². The van der Waals surface area contributed by atoms with Crippen molar-refractivity contribution < 1.29 is 24.2 Å². The van der Waals surface area contributed by atoms with Gasteiger partial charge in [-0.15, -0.1) is 0 Å². The zero-order valence-electron chi connectivity index (χ0n) is 9.40. The van der Waals surface area contributed by atoms with E-state index in [4.69, 9.17) is 16.7 Å². The Hall–Kier alpha value is -2.02. The van der Waals surface area contributed by atoms with E-state index in [1.54, 1.807) is 0 Å². The summed E-state index contributed by atoms with van der Waals surface area (Å²) in [5.41, 5.74) is 0.108. The maximum Gasteiger partial charge on any atom is 0.326 e. The second kappa shape index (κ2) is 6.06. The largest absolute Gasteiger partial charge is 0.480 e. The first kappa shape index (κ1) is 14.0. The first-order valence-corrected chi connectivity index (χ1v) is 5.26. The van der Waals surface area contributed by atoms with Crippen LogP contribution >= 0.6 is 11.6 Å². The number of rotatable bonds is 5. The van der Waals surface area contributed by atoms with Crippen molar-refractivity contribution in [3.8, 4) is 0 Å². The molecule has 0 aliphatic rings. The van der Waals surface area contributed by atoms with E-state index in [0.717, 1.165) is 7.11 Å². The summed E-state index contributed by atoms with van der Waals surface area (Å²) in [6.45, 7) is 0. The Morgan fingerprint density at radius 3 is 2.67 bits per heavy atom. The Bertz CT molecular complexity index is 471. The van der Waals surface area contributed by atoms with Crippen LogP contribution in [0.3, 0.4) is 0 Å². The first-order chi connectivity index (χ1) is 8.43. The Balaban J connectivity index is 2.69. The van der Waals surface area contributed by atoms with Crippen molar-refractivity contribution >= 4 is 29.4 Å². The molecule has 0 saturated heterocycles. The van der Waals surface area contributed by atoms with Crippen LogP contribution in [0.25, 0.3) is 0 Å². The maximum atomic E-state index is 11.6. The lowest BCUT2D eigenvalue weighted by Gasteiger charge is -2.12. The highest BCUT2D eigenvalue weighted by atomic mass is 35.5. The molecule has 0 aliphatic carbocycles. The summed E-state index contributed by atoms with van der Waals surface area (Å²) in [6, 6.07) is -0.0134. The predicted molar refractivity (Wildman–Crippen MR) is 61.3 cm³/mol. The minimum atomic E-state index is -1.35. The number of nitrogens with one attached hydrogen (secondary N) is 2. The summed E-state index contributed by atoms with van der Waals surface area (Å²) in [7, 11) is 1.13. The van der Waals surface area contributed by atoms with E-state index in [-0.39, 0.29) is 5.69 Å². The number of esters is 1. The van der Waals surface area contributed by atoms with Crippen molar-refractivity contribution in [3.05, 3.63) is 23.0 Å². The number of aliphatic carboxylic acids is 1. The van der Waals surface area contributed by atoms with Gasteiger partial charge in [-0.25, -0.2) is 4.79 Å². The van der Waals surface area contributed by atoms with Crippen LogP contribution in [-0.2, 0) is 14.3 Å². The van der Waals surface area contributed by atoms with Crippen molar-refractivity contribution in [1.82, 2.24) is 10.3 Å². The summed E-state index contributed by atoms with van der Waals surface area (Å²) < 4.78 is 4.34. The fourth-order valence-electron chi connectivity index (χ4n) is 1.19. The molecule has 0 aliphatic heterocycles. The molecule has 1 atom stereocenters. The van der Waals surface area contributed by atoms with Crippen molar-refractivity contribution in [1.29, 1.82) is 0 Å². The van der Waals surface area contributed by atoms with Crippen LogP contribution in [0.5, 0.6) is 0 Å². The minimum Gasteiger partial charge on any atom is -0.480 e. The van der Waals surface area contributed by atoms with Gasteiger partial charge in [-0.05, 0) is 6.07 Å². The summed E-state index contributed by atoms with van der Waals surface area (Å²) in [6.07, 6.45) is 0.929. The van der Waals surface area contributed by atoms with Crippen molar-refractivity contribution in [3.63, 3.8) is 0 Å². The molecule has 18 heavy (non-hydrogen) atoms. The fourth-order valence-corrected chi connectivity index (χ4v) is 1.35. The highest BCUT2D eigenvalue weighted by Gasteiger charge is 2.24. The number of carbonyl (C=O) groups is 3. The lowest BCUT2D eigenvalue weighted by atomic mass is 10.2. The molecule has 1 rings (SSSR count). The molecule has 0 unspecified atom stereocenters. The molecular weight excluding hydrogens is 264 g/mol. The average Bonchev–Trinajstić information content (AvgIpc) is 2.74. The fraction of sp³-hybridized carbons (Fsp3) is 0.300. The number of H-pyrrole nitrogens is 1. The van der Waals surface area contributed by atoms with E-state index in [1.807, 2.05) is 0 Å². The van der Waals surface area contributed by atoms with E-state index in [9.17, 15) is 14.4 Å². The van der Waals surface area contributed by atoms with E-state index < -0.39 is 30.3 Å². The molecular formula is C10H11ClN2O5. The number of halogens is 1. The van der Waals surface area contributed by atoms with Crippen LogP contribution in [0.2, 0.25) is 5.02 Å². The number of carboxylic acid groups (broad SMARTS) is 1. The van der Waals surface area contributed by atoms with E-state index in [1.165, 1.54) is 12.3 Å². The van der Waals surface area contributed by atoms with Gasteiger partial charge in [-0.3, -0.25) is 9.59 Å². The van der Waals surface area contributed by atoms with Crippen molar-refractivity contribution in [2.24, 2.45) is 0 Å². The third-order valence-electron chi connectivity index (χ3n) is 2.09. The molecule has 3 N–H and O–H groups in total. The van der Waals surface area contributed by atoms with Gasteiger partial charge in [0.2, 0.25) is 0 Å². The Labute approximate surface area is 107 Å². The Morgan fingerprint density at radius 1 is 1.56 bits per heavy atom. The maximum absolute atomic E-state index is 11.6. The molecule has 0 saturated carbocycles. The number of carboxylic acids is 1. The van der Waals surface area contributed by atoms with Crippen LogP contribution in [0.4, 0.5) is 0 Å². The van der Waals surface area contributed by atoms with Crippen LogP contribution < -0.4 is 5.32 Å². The van der Waals surface area contributed by atoms with Gasteiger partial charge >= 0.3 is 11.9 Å². The quantitative estimate of drug-likeness (QED) is 0.674. The Kier molecular flexibility index (Phi) is 4.73. The normalized spacial score (nSPS) is 11.7. The van der Waals surface area contributed by atoms with Crippen LogP contribution in [0.15, 0.2) is 12.3 Å². The van der Waals surface area contributed by atoms with Crippen LogP contribution in [0.1, 0.15) is 16.9 Å². The summed E-state index contributed by atoms with van der Waals surface area (Å²) in [5.74, 6) is -2.73. The van der Waals surface area contributed by atoms with Crippen LogP contribution in [0, 0.1) is 0 Å². The predicted octanol–water partition coefficient (Wildman–Crippen LogP) is 0.414. The average molecular weight is 275 g/mol. The molecule has 1 aromatic rings. The second-order valence-electron chi connectivity index (χ2n) is 3.38. The highest BCUT2D eigenvalue weighted by Crippen LogP contribution is 2.09. The van der Waals surface area contributed by atoms with Gasteiger partial charge in [-0.2, -0.15) is 0 Å². The molecule has 1 amide bonds. The van der Waals surface area contributed by atoms with Crippen molar-refractivity contribution in [2.45, 2.75) is 12.5 Å². The second-order valence-corrected chi connectivity index (χ2v) is 3.81. The number of aromatic amines is 1. The Morgan fingerprint density at radius 2 is 2.22 bits per heavy atom. The molecule has 7 nitrogen and oxygen atoms in total. The molecule has 0 aromatic carbocycles. The van der Waals surface area contributed by atoms with Gasteiger partial charge < -0.3 is 20.1 Å². The number of aromatic nitrogens is 1. The molecule has 0 bridgehead atoms. The number of amides is 1. The third kappa shape index (κ3) is 3.77. The molecule has 8 heteroatoms. The summed E-state index contributed by atoms with van der Waals surface area (Å²) >= 11 is 5.61. The molecule has 1 aromatic heterocycles. The third-order valence-corrected chi connectivity index (χ3v) is 2.31. The topological polar surface area (TPSA) is 108 Å². The molecule has 0 fully saturated rings. The standard InChI is InChI=1S/C10H11ClN2O5/c1-18-8(14)3-7(10(16)17)13-9(15)6-2-5(11)4-12-6/h2,4,7,12H,3H2,1H3,(H,13,15)(H,16,17)/t7-/m0/s1. The van der Waals surface area contributed by atoms with E-state index >= 15 is 0 Å². The zero-order valence-corrected chi connectivity index (χ0v) is 10.2. The summed E-state index contributed by atoms with van der Waals surface area (Å²) in [4.78, 5) is 36.0. The first-order valence-electron chi connectivity index (χ1n) is 4.88. The SMILES string of the molecule is COC(=O)C[C@H](NC(=O)c1cc(Cl)c[nH]1)C(=O)O. The molecule has 98 valence electrons. The monoisotopic (exact) mass is 274 g/mol. The smallest absolute Gasteiger partial charge is 0.326 e.